The van der Waals surface area contributed by atoms with Crippen LogP contribution in [-0.2, 0) is 4.79 Å². The fraction of sp³-hybridized carbons (Fsp3) is 0.111. The van der Waals surface area contributed by atoms with Crippen LogP contribution < -0.4 is 5.32 Å². The highest BCUT2D eigenvalue weighted by molar-refractivity contribution is 5.94. The normalized spacial score (nSPS) is 16.6. The maximum absolute atomic E-state index is 14.2. The number of benzene rings is 2. The molecule has 1 atom stereocenters. The Hall–Kier alpha value is -3.02. The van der Waals surface area contributed by atoms with Gasteiger partial charge in [-0.05, 0) is 35.9 Å². The molecular weight excluding hydrogens is 312 g/mol. The molecule has 4 rings (SSSR count). The predicted molar refractivity (Wildman–Crippen MR) is 85.0 cm³/mol. The third-order valence-corrected chi connectivity index (χ3v) is 4.17. The largest absolute Gasteiger partial charge is 0.310 e. The Morgan fingerprint density at radius 2 is 1.79 bits per heavy atom. The number of anilines is 1. The second-order valence-corrected chi connectivity index (χ2v) is 5.66. The van der Waals surface area contributed by atoms with Gasteiger partial charge in [-0.3, -0.25) is 4.79 Å². The standard InChI is InChI=1S/C18H13F2N3O/c19-11-5-7-12(8-6-11)23-18-15(10-21-23)14(9-17(24)22-18)13-3-1-2-4-16(13)20/h1-8,10,14H,9H2,(H,22,24). The van der Waals surface area contributed by atoms with Gasteiger partial charge in [0.25, 0.3) is 0 Å². The predicted octanol–water partition coefficient (Wildman–Crippen LogP) is 3.62. The van der Waals surface area contributed by atoms with E-state index in [2.05, 4.69) is 10.4 Å². The minimum atomic E-state index is -0.399. The molecule has 0 saturated carbocycles. The van der Waals surface area contributed by atoms with Crippen molar-refractivity contribution < 1.29 is 13.6 Å². The number of nitrogens with one attached hydrogen (secondary N) is 1. The van der Waals surface area contributed by atoms with Crippen molar-refractivity contribution in [2.45, 2.75) is 12.3 Å². The number of aromatic nitrogens is 2. The Kier molecular flexibility index (Phi) is 3.37. The van der Waals surface area contributed by atoms with Gasteiger partial charge in [0.05, 0.1) is 11.9 Å². The number of nitrogens with zero attached hydrogens (tertiary/aromatic N) is 2. The van der Waals surface area contributed by atoms with Gasteiger partial charge in [-0.15, -0.1) is 0 Å². The summed E-state index contributed by atoms with van der Waals surface area (Å²) in [6, 6.07) is 12.2. The summed E-state index contributed by atoms with van der Waals surface area (Å²) >= 11 is 0. The topological polar surface area (TPSA) is 46.9 Å². The minimum Gasteiger partial charge on any atom is -0.310 e. The van der Waals surface area contributed by atoms with E-state index in [0.29, 0.717) is 17.1 Å². The van der Waals surface area contributed by atoms with Crippen molar-refractivity contribution in [3.05, 3.63) is 77.5 Å². The summed E-state index contributed by atoms with van der Waals surface area (Å²) in [5.74, 6) is -0.819. The maximum atomic E-state index is 14.2. The molecular formula is C18H13F2N3O. The van der Waals surface area contributed by atoms with Crippen LogP contribution in [0.5, 0.6) is 0 Å². The lowest BCUT2D eigenvalue weighted by Crippen LogP contribution is -2.25. The van der Waals surface area contributed by atoms with Gasteiger partial charge >= 0.3 is 0 Å². The van der Waals surface area contributed by atoms with Crippen LogP contribution in [0.2, 0.25) is 0 Å². The molecule has 24 heavy (non-hydrogen) atoms. The molecule has 120 valence electrons. The third kappa shape index (κ3) is 2.36. The monoisotopic (exact) mass is 325 g/mol. The fourth-order valence-corrected chi connectivity index (χ4v) is 3.03. The fourth-order valence-electron chi connectivity index (χ4n) is 3.03. The van der Waals surface area contributed by atoms with Crippen LogP contribution in [0.4, 0.5) is 14.6 Å². The molecule has 1 unspecified atom stereocenters. The van der Waals surface area contributed by atoms with Crippen molar-refractivity contribution in [3.8, 4) is 5.69 Å². The summed E-state index contributed by atoms with van der Waals surface area (Å²) in [5, 5.41) is 7.08. The molecule has 6 heteroatoms. The molecule has 1 aromatic heterocycles. The first-order valence-corrected chi connectivity index (χ1v) is 7.51. The highest BCUT2D eigenvalue weighted by atomic mass is 19.1. The molecule has 4 nitrogen and oxygen atoms in total. The number of carbonyl (C=O) groups is 1. The van der Waals surface area contributed by atoms with E-state index in [9.17, 15) is 13.6 Å². The number of hydrogen-bond acceptors (Lipinski definition) is 2. The van der Waals surface area contributed by atoms with Gasteiger partial charge in [0.2, 0.25) is 5.91 Å². The lowest BCUT2D eigenvalue weighted by atomic mass is 9.87. The van der Waals surface area contributed by atoms with Crippen molar-refractivity contribution in [3.63, 3.8) is 0 Å². The van der Waals surface area contributed by atoms with E-state index in [4.69, 9.17) is 0 Å². The number of amides is 1. The maximum Gasteiger partial charge on any atom is 0.226 e. The van der Waals surface area contributed by atoms with Crippen molar-refractivity contribution in [2.24, 2.45) is 0 Å². The van der Waals surface area contributed by atoms with E-state index < -0.39 is 5.92 Å². The zero-order valence-corrected chi connectivity index (χ0v) is 12.5. The first-order chi connectivity index (χ1) is 11.6. The van der Waals surface area contributed by atoms with Gasteiger partial charge in [0, 0.05) is 17.9 Å². The second-order valence-electron chi connectivity index (χ2n) is 5.66. The zero-order chi connectivity index (χ0) is 16.7. The molecule has 1 aliphatic heterocycles. The molecule has 3 aromatic rings. The average Bonchev–Trinajstić information content (AvgIpc) is 2.99. The van der Waals surface area contributed by atoms with E-state index >= 15 is 0 Å². The van der Waals surface area contributed by atoms with Gasteiger partial charge in [0.1, 0.15) is 17.5 Å². The Balaban J connectivity index is 1.83. The van der Waals surface area contributed by atoms with E-state index in [1.807, 2.05) is 0 Å². The summed E-state index contributed by atoms with van der Waals surface area (Å²) in [6.07, 6.45) is 1.78. The molecule has 2 aromatic carbocycles. The van der Waals surface area contributed by atoms with E-state index in [-0.39, 0.29) is 24.0 Å². The van der Waals surface area contributed by atoms with Crippen molar-refractivity contribution >= 4 is 11.7 Å². The molecule has 1 aliphatic rings. The van der Waals surface area contributed by atoms with Gasteiger partial charge in [-0.1, -0.05) is 18.2 Å². The number of halogens is 2. The number of rotatable bonds is 2. The van der Waals surface area contributed by atoms with Crippen LogP contribution in [-0.4, -0.2) is 15.7 Å². The first kappa shape index (κ1) is 14.6. The summed E-state index contributed by atoms with van der Waals surface area (Å²) in [6.45, 7) is 0. The van der Waals surface area contributed by atoms with Crippen LogP contribution >= 0.6 is 0 Å². The van der Waals surface area contributed by atoms with E-state index in [1.165, 1.54) is 22.9 Å². The quantitative estimate of drug-likeness (QED) is 0.782. The Morgan fingerprint density at radius 3 is 2.54 bits per heavy atom. The zero-order valence-electron chi connectivity index (χ0n) is 12.5. The van der Waals surface area contributed by atoms with Crippen molar-refractivity contribution in [2.75, 3.05) is 5.32 Å². The summed E-state index contributed by atoms with van der Waals surface area (Å²) in [7, 11) is 0. The smallest absolute Gasteiger partial charge is 0.226 e. The lowest BCUT2D eigenvalue weighted by Gasteiger charge is -2.24. The van der Waals surface area contributed by atoms with Crippen LogP contribution in [0.1, 0.15) is 23.5 Å². The Bertz CT molecular complexity index is 918. The van der Waals surface area contributed by atoms with Gasteiger partial charge < -0.3 is 5.32 Å². The number of carbonyl (C=O) groups excluding carboxylic acids is 1. The van der Waals surface area contributed by atoms with Gasteiger partial charge in [-0.2, -0.15) is 5.10 Å². The molecule has 0 fully saturated rings. The average molecular weight is 325 g/mol. The Morgan fingerprint density at radius 1 is 1.04 bits per heavy atom. The SMILES string of the molecule is O=C1CC(c2ccccc2F)c2cnn(-c3ccc(F)cc3)c2N1. The third-order valence-electron chi connectivity index (χ3n) is 4.17. The van der Waals surface area contributed by atoms with E-state index in [0.717, 1.165) is 5.56 Å². The molecule has 0 bridgehead atoms. The van der Waals surface area contributed by atoms with Crippen LogP contribution in [0.25, 0.3) is 5.69 Å². The lowest BCUT2D eigenvalue weighted by molar-refractivity contribution is -0.116. The summed E-state index contributed by atoms with van der Waals surface area (Å²) in [5.41, 5.74) is 1.82. The van der Waals surface area contributed by atoms with Crippen molar-refractivity contribution in [1.29, 1.82) is 0 Å². The molecule has 0 spiro atoms. The van der Waals surface area contributed by atoms with Crippen LogP contribution in [0.3, 0.4) is 0 Å². The molecule has 0 radical (unpaired) electrons. The second kappa shape index (κ2) is 5.56. The first-order valence-electron chi connectivity index (χ1n) is 7.51. The molecule has 0 saturated heterocycles. The van der Waals surface area contributed by atoms with Gasteiger partial charge in [-0.25, -0.2) is 13.5 Å². The summed E-state index contributed by atoms with van der Waals surface area (Å²) < 4.78 is 28.8. The number of fused-ring (bicyclic) bond motifs is 1. The van der Waals surface area contributed by atoms with E-state index in [1.54, 1.807) is 36.5 Å². The summed E-state index contributed by atoms with van der Waals surface area (Å²) in [4.78, 5) is 12.1. The van der Waals surface area contributed by atoms with Crippen molar-refractivity contribution in [1.82, 2.24) is 9.78 Å². The molecule has 2 heterocycles. The highest BCUT2D eigenvalue weighted by Crippen LogP contribution is 2.38. The van der Waals surface area contributed by atoms with Crippen LogP contribution in [0, 0.1) is 11.6 Å². The number of hydrogen-bond donors (Lipinski definition) is 1. The van der Waals surface area contributed by atoms with Gasteiger partial charge in [0.15, 0.2) is 0 Å². The Labute approximate surface area is 136 Å². The molecule has 0 aliphatic carbocycles. The van der Waals surface area contributed by atoms with Crippen LogP contribution in [0.15, 0.2) is 54.7 Å². The minimum absolute atomic E-state index is 0.156. The molecule has 1 N–H and O–H groups in total. The highest BCUT2D eigenvalue weighted by Gasteiger charge is 2.31. The molecule has 1 amide bonds.